The molecule has 0 spiro atoms. The summed E-state index contributed by atoms with van der Waals surface area (Å²) in [5.74, 6) is -1.13. The fourth-order valence-corrected chi connectivity index (χ4v) is 5.51. The highest BCUT2D eigenvalue weighted by Crippen LogP contribution is 2.26. The molecule has 166 valence electrons. The van der Waals surface area contributed by atoms with Crippen molar-refractivity contribution in [1.82, 2.24) is 4.31 Å². The third-order valence-electron chi connectivity index (χ3n) is 5.51. The molecule has 1 aliphatic rings. The van der Waals surface area contributed by atoms with Crippen LogP contribution < -0.4 is 5.32 Å². The zero-order valence-corrected chi connectivity index (χ0v) is 19.0. The van der Waals surface area contributed by atoms with Crippen LogP contribution in [0.5, 0.6) is 0 Å². The lowest BCUT2D eigenvalue weighted by Crippen LogP contribution is -2.42. The maximum absolute atomic E-state index is 12.8. The number of rotatable bonds is 6. The molecule has 3 rings (SSSR count). The second kappa shape index (κ2) is 9.80. The van der Waals surface area contributed by atoms with Gasteiger partial charge in [0, 0.05) is 29.7 Å². The second-order valence-electron chi connectivity index (χ2n) is 7.48. The lowest BCUT2D eigenvalue weighted by molar-refractivity contribution is -0.120. The van der Waals surface area contributed by atoms with E-state index in [1.165, 1.54) is 11.4 Å². The van der Waals surface area contributed by atoms with E-state index in [1.54, 1.807) is 49.4 Å². The number of ether oxygens (including phenoxy) is 1. The molecule has 0 bridgehead atoms. The molecule has 0 aromatic heterocycles. The predicted octanol–water partition coefficient (Wildman–Crippen LogP) is 3.62. The van der Waals surface area contributed by atoms with Crippen molar-refractivity contribution in [3.05, 3.63) is 64.2 Å². The van der Waals surface area contributed by atoms with Crippen LogP contribution in [0.25, 0.3) is 0 Å². The van der Waals surface area contributed by atoms with Gasteiger partial charge in [-0.05, 0) is 49.1 Å². The Balaban J connectivity index is 1.61. The summed E-state index contributed by atoms with van der Waals surface area (Å²) in [6.07, 6.45) is 0.840. The first-order valence-corrected chi connectivity index (χ1v) is 11.9. The number of hydrogen-bond donors (Lipinski definition) is 1. The van der Waals surface area contributed by atoms with Crippen molar-refractivity contribution < 1.29 is 22.7 Å². The SMILES string of the molecule is COC(=O)c1cccc(NC(=O)C2CCN(S(=O)(=O)Cc3ccccc3Cl)CC2)c1C. The predicted molar refractivity (Wildman–Crippen MR) is 120 cm³/mol. The Labute approximate surface area is 187 Å². The smallest absolute Gasteiger partial charge is 0.338 e. The normalized spacial score (nSPS) is 15.5. The summed E-state index contributed by atoms with van der Waals surface area (Å²) in [7, 11) is -2.22. The lowest BCUT2D eigenvalue weighted by Gasteiger charge is -2.30. The van der Waals surface area contributed by atoms with E-state index in [9.17, 15) is 18.0 Å². The summed E-state index contributed by atoms with van der Waals surface area (Å²) >= 11 is 6.10. The maximum Gasteiger partial charge on any atom is 0.338 e. The van der Waals surface area contributed by atoms with Gasteiger partial charge in [-0.2, -0.15) is 0 Å². The van der Waals surface area contributed by atoms with Crippen LogP contribution in [0.2, 0.25) is 5.02 Å². The molecule has 1 fully saturated rings. The molecule has 2 aromatic rings. The molecule has 1 aliphatic heterocycles. The molecule has 7 nitrogen and oxygen atoms in total. The minimum atomic E-state index is -3.53. The highest BCUT2D eigenvalue weighted by atomic mass is 35.5. The van der Waals surface area contributed by atoms with Crippen LogP contribution in [-0.4, -0.2) is 44.8 Å². The number of nitrogens with one attached hydrogen (secondary N) is 1. The standard InChI is InChI=1S/C22H25ClN2O5S/c1-15-18(22(27)30-2)7-5-9-20(15)24-21(26)16-10-12-25(13-11-16)31(28,29)14-17-6-3-4-8-19(17)23/h3-9,16H,10-14H2,1-2H3,(H,24,26). The molecule has 31 heavy (non-hydrogen) atoms. The first-order valence-electron chi connectivity index (χ1n) is 9.93. The summed E-state index contributed by atoms with van der Waals surface area (Å²) in [4.78, 5) is 24.6. The second-order valence-corrected chi connectivity index (χ2v) is 9.86. The highest BCUT2D eigenvalue weighted by molar-refractivity contribution is 7.88. The van der Waals surface area contributed by atoms with Crippen LogP contribution >= 0.6 is 11.6 Å². The summed E-state index contributed by atoms with van der Waals surface area (Å²) < 4.78 is 31.7. The number of sulfonamides is 1. The average molecular weight is 465 g/mol. The number of carbonyl (C=O) groups is 2. The monoisotopic (exact) mass is 464 g/mol. The number of carbonyl (C=O) groups excluding carboxylic acids is 2. The van der Waals surface area contributed by atoms with E-state index >= 15 is 0 Å². The van der Waals surface area contributed by atoms with Crippen LogP contribution in [0.4, 0.5) is 5.69 Å². The fraction of sp³-hybridized carbons (Fsp3) is 0.364. The van der Waals surface area contributed by atoms with Crippen molar-refractivity contribution in [3.63, 3.8) is 0 Å². The fourth-order valence-electron chi connectivity index (χ4n) is 3.64. The van der Waals surface area contributed by atoms with Crippen molar-refractivity contribution in [3.8, 4) is 0 Å². The Morgan fingerprint density at radius 1 is 1.13 bits per heavy atom. The van der Waals surface area contributed by atoms with Gasteiger partial charge in [-0.15, -0.1) is 0 Å². The summed E-state index contributed by atoms with van der Waals surface area (Å²) in [6, 6.07) is 11.9. The minimum Gasteiger partial charge on any atom is -0.465 e. The van der Waals surface area contributed by atoms with Gasteiger partial charge in [-0.3, -0.25) is 4.79 Å². The van der Waals surface area contributed by atoms with Gasteiger partial charge in [-0.1, -0.05) is 35.9 Å². The maximum atomic E-state index is 12.8. The first kappa shape index (κ1) is 23.2. The van der Waals surface area contributed by atoms with Gasteiger partial charge in [0.1, 0.15) is 0 Å². The molecule has 1 amide bonds. The van der Waals surface area contributed by atoms with Gasteiger partial charge < -0.3 is 10.1 Å². The Morgan fingerprint density at radius 2 is 1.81 bits per heavy atom. The zero-order chi connectivity index (χ0) is 22.6. The minimum absolute atomic E-state index is 0.164. The van der Waals surface area contributed by atoms with Crippen molar-refractivity contribution in [2.45, 2.75) is 25.5 Å². The van der Waals surface area contributed by atoms with E-state index in [4.69, 9.17) is 16.3 Å². The summed E-state index contributed by atoms with van der Waals surface area (Å²) in [6.45, 7) is 2.28. The Bertz CT molecular complexity index is 1080. The number of amides is 1. The Kier molecular flexibility index (Phi) is 7.35. The summed E-state index contributed by atoms with van der Waals surface area (Å²) in [5.41, 5.74) is 2.12. The molecule has 1 saturated heterocycles. The van der Waals surface area contributed by atoms with Gasteiger partial charge in [-0.25, -0.2) is 17.5 Å². The molecule has 0 unspecified atom stereocenters. The number of nitrogens with zero attached hydrogens (tertiary/aromatic N) is 1. The number of halogens is 1. The van der Waals surface area contributed by atoms with Gasteiger partial charge in [0.15, 0.2) is 0 Å². The first-order chi connectivity index (χ1) is 14.7. The van der Waals surface area contributed by atoms with Gasteiger partial charge in [0.25, 0.3) is 0 Å². The van der Waals surface area contributed by atoms with Crippen molar-refractivity contribution in [1.29, 1.82) is 0 Å². The van der Waals surface area contributed by atoms with E-state index in [-0.39, 0.29) is 30.7 Å². The van der Waals surface area contributed by atoms with Crippen LogP contribution in [-0.2, 0) is 25.3 Å². The summed E-state index contributed by atoms with van der Waals surface area (Å²) in [5, 5.41) is 3.29. The number of piperidine rings is 1. The Morgan fingerprint density at radius 3 is 2.45 bits per heavy atom. The van der Waals surface area contributed by atoms with E-state index in [2.05, 4.69) is 5.32 Å². The van der Waals surface area contributed by atoms with Crippen molar-refractivity contribution in [2.75, 3.05) is 25.5 Å². The molecule has 1 heterocycles. The van der Waals surface area contributed by atoms with Crippen molar-refractivity contribution >= 4 is 39.2 Å². The molecule has 0 atom stereocenters. The molecule has 0 radical (unpaired) electrons. The third-order valence-corrected chi connectivity index (χ3v) is 7.71. The number of anilines is 1. The largest absolute Gasteiger partial charge is 0.465 e. The molecule has 9 heteroatoms. The van der Waals surface area contributed by atoms with E-state index in [0.717, 1.165) is 0 Å². The quantitative estimate of drug-likeness (QED) is 0.659. The molecule has 0 aliphatic carbocycles. The number of benzene rings is 2. The van der Waals surface area contributed by atoms with Crippen LogP contribution in [0.3, 0.4) is 0 Å². The highest BCUT2D eigenvalue weighted by Gasteiger charge is 2.31. The lowest BCUT2D eigenvalue weighted by atomic mass is 9.96. The third kappa shape index (κ3) is 5.44. The number of hydrogen-bond acceptors (Lipinski definition) is 5. The average Bonchev–Trinajstić information content (AvgIpc) is 2.76. The van der Waals surface area contributed by atoms with Crippen molar-refractivity contribution in [2.24, 2.45) is 5.92 Å². The number of methoxy groups -OCH3 is 1. The molecule has 0 saturated carbocycles. The molecule has 1 N–H and O–H groups in total. The van der Waals surface area contributed by atoms with Crippen LogP contribution in [0.15, 0.2) is 42.5 Å². The van der Waals surface area contributed by atoms with Crippen LogP contribution in [0, 0.1) is 12.8 Å². The molecular formula is C22H25ClN2O5S. The topological polar surface area (TPSA) is 92.8 Å². The van der Waals surface area contributed by atoms with Crippen LogP contribution in [0.1, 0.15) is 34.3 Å². The molecule has 2 aromatic carbocycles. The van der Waals surface area contributed by atoms with E-state index in [0.29, 0.717) is 40.2 Å². The Hall–Kier alpha value is -2.42. The van der Waals surface area contributed by atoms with Gasteiger partial charge in [0.2, 0.25) is 15.9 Å². The zero-order valence-electron chi connectivity index (χ0n) is 17.4. The van der Waals surface area contributed by atoms with Gasteiger partial charge >= 0.3 is 5.97 Å². The van der Waals surface area contributed by atoms with Gasteiger partial charge in [0.05, 0.1) is 18.4 Å². The molecular weight excluding hydrogens is 440 g/mol. The number of esters is 1. The van der Waals surface area contributed by atoms with E-state index < -0.39 is 16.0 Å². The van der Waals surface area contributed by atoms with E-state index in [1.807, 2.05) is 0 Å².